The number of nitrogen functional groups attached to an aromatic ring is 1. The topological polar surface area (TPSA) is 60.2 Å². The van der Waals surface area contributed by atoms with E-state index in [-0.39, 0.29) is 5.04 Å². The third-order valence-corrected chi connectivity index (χ3v) is 7.90. The van der Waals surface area contributed by atoms with E-state index in [2.05, 4.69) is 44.3 Å². The maximum absolute atomic E-state index is 6.13. The highest BCUT2D eigenvalue weighted by molar-refractivity contribution is 6.74. The lowest BCUT2D eigenvalue weighted by Gasteiger charge is -2.36. The van der Waals surface area contributed by atoms with Gasteiger partial charge >= 0.3 is 0 Å². The molecule has 0 unspecified atom stereocenters. The van der Waals surface area contributed by atoms with Crippen molar-refractivity contribution in [1.29, 1.82) is 0 Å². The number of nitrogens with zero attached hydrogens (tertiary/aromatic N) is 1. The van der Waals surface area contributed by atoms with Crippen LogP contribution in [-0.2, 0) is 11.0 Å². The maximum Gasteiger partial charge on any atom is 0.192 e. The molecule has 0 amide bonds. The van der Waals surface area contributed by atoms with Gasteiger partial charge in [-0.05, 0) is 24.2 Å². The average molecular weight is 253 g/mol. The average Bonchev–Trinajstić information content (AvgIpc) is 2.25. The molecule has 0 saturated carbocycles. The van der Waals surface area contributed by atoms with Crippen LogP contribution in [-0.4, -0.2) is 13.3 Å². The fourth-order valence-corrected chi connectivity index (χ4v) is 2.11. The Kier molecular flexibility index (Phi) is 4.29. The molecule has 0 aliphatic rings. The molecule has 0 aliphatic carbocycles. The minimum Gasteiger partial charge on any atom is -0.412 e. The molecular formula is C12H23N3OSi. The summed E-state index contributed by atoms with van der Waals surface area (Å²) in [7, 11) is -1.72. The second-order valence-corrected chi connectivity index (χ2v) is 10.5. The summed E-state index contributed by atoms with van der Waals surface area (Å²) in [4.78, 5) is 4.16. The standard InChI is InChI=1S/C12H23N3OSi/c1-12(2,3)17(4,5)16-9-10-7-6-8-14-11(10)15-13/h6-8H,9,13H2,1-5H3,(H,14,15). The SMILES string of the molecule is CC(C)(C)[Si](C)(C)OCc1cccnc1NN. The molecule has 1 aromatic rings. The molecule has 96 valence electrons. The van der Waals surface area contributed by atoms with Gasteiger partial charge in [-0.15, -0.1) is 0 Å². The lowest BCUT2D eigenvalue weighted by molar-refractivity contribution is 0.276. The maximum atomic E-state index is 6.13. The first-order chi connectivity index (χ1) is 7.78. The number of nitrogens with one attached hydrogen (secondary N) is 1. The van der Waals surface area contributed by atoms with Gasteiger partial charge in [0.25, 0.3) is 0 Å². The van der Waals surface area contributed by atoms with Crippen molar-refractivity contribution in [3.63, 3.8) is 0 Å². The van der Waals surface area contributed by atoms with Crippen LogP contribution in [0.4, 0.5) is 5.82 Å². The summed E-state index contributed by atoms with van der Waals surface area (Å²) in [5.41, 5.74) is 3.59. The van der Waals surface area contributed by atoms with Crippen LogP contribution in [0.3, 0.4) is 0 Å². The lowest BCUT2D eigenvalue weighted by atomic mass is 10.2. The van der Waals surface area contributed by atoms with Gasteiger partial charge in [0.05, 0.1) is 6.61 Å². The van der Waals surface area contributed by atoms with E-state index in [0.717, 1.165) is 5.56 Å². The van der Waals surface area contributed by atoms with E-state index in [1.165, 1.54) is 0 Å². The molecule has 1 aromatic heterocycles. The van der Waals surface area contributed by atoms with Crippen LogP contribution in [0.25, 0.3) is 0 Å². The summed E-state index contributed by atoms with van der Waals surface area (Å²) in [5.74, 6) is 6.11. The highest BCUT2D eigenvalue weighted by Gasteiger charge is 2.37. The summed E-state index contributed by atoms with van der Waals surface area (Å²) in [6.45, 7) is 11.7. The Morgan fingerprint density at radius 3 is 2.59 bits per heavy atom. The number of nitrogens with two attached hydrogens (primary N) is 1. The molecular weight excluding hydrogens is 230 g/mol. The first kappa shape index (κ1) is 14.1. The molecule has 1 rings (SSSR count). The minimum atomic E-state index is -1.72. The Morgan fingerprint density at radius 2 is 2.06 bits per heavy atom. The van der Waals surface area contributed by atoms with Crippen LogP contribution >= 0.6 is 0 Å². The van der Waals surface area contributed by atoms with Gasteiger partial charge in [0.1, 0.15) is 5.82 Å². The molecule has 17 heavy (non-hydrogen) atoms. The number of hydrogen-bond donors (Lipinski definition) is 2. The second-order valence-electron chi connectivity index (χ2n) is 5.70. The van der Waals surface area contributed by atoms with E-state index < -0.39 is 8.32 Å². The summed E-state index contributed by atoms with van der Waals surface area (Å²) in [6.07, 6.45) is 1.71. The Labute approximate surface area is 105 Å². The number of pyridine rings is 1. The quantitative estimate of drug-likeness (QED) is 0.492. The molecule has 1 heterocycles. The highest BCUT2D eigenvalue weighted by atomic mass is 28.4. The summed E-state index contributed by atoms with van der Waals surface area (Å²) in [6, 6.07) is 3.88. The Bertz CT molecular complexity index is 374. The van der Waals surface area contributed by atoms with Crippen molar-refractivity contribution in [2.24, 2.45) is 5.84 Å². The Hall–Kier alpha value is -0.913. The molecule has 0 saturated heterocycles. The number of aromatic nitrogens is 1. The van der Waals surface area contributed by atoms with Gasteiger partial charge in [0.15, 0.2) is 8.32 Å². The molecule has 3 N–H and O–H groups in total. The van der Waals surface area contributed by atoms with E-state index in [4.69, 9.17) is 10.3 Å². The smallest absolute Gasteiger partial charge is 0.192 e. The predicted molar refractivity (Wildman–Crippen MR) is 74.0 cm³/mol. The molecule has 0 fully saturated rings. The number of hydrogen-bond acceptors (Lipinski definition) is 4. The van der Waals surface area contributed by atoms with Crippen molar-refractivity contribution in [2.75, 3.05) is 5.43 Å². The summed E-state index contributed by atoms with van der Waals surface area (Å²) < 4.78 is 6.13. The van der Waals surface area contributed by atoms with Crippen molar-refractivity contribution in [3.05, 3.63) is 23.9 Å². The molecule has 0 radical (unpaired) electrons. The Morgan fingerprint density at radius 1 is 1.41 bits per heavy atom. The molecule has 0 atom stereocenters. The van der Waals surface area contributed by atoms with Crippen molar-refractivity contribution < 1.29 is 4.43 Å². The molecule has 0 bridgehead atoms. The van der Waals surface area contributed by atoms with E-state index in [9.17, 15) is 0 Å². The van der Waals surface area contributed by atoms with Gasteiger partial charge in [-0.3, -0.25) is 0 Å². The van der Waals surface area contributed by atoms with Crippen LogP contribution in [0.15, 0.2) is 18.3 Å². The van der Waals surface area contributed by atoms with E-state index in [1.54, 1.807) is 6.20 Å². The zero-order valence-electron chi connectivity index (χ0n) is 11.4. The summed E-state index contributed by atoms with van der Waals surface area (Å²) >= 11 is 0. The van der Waals surface area contributed by atoms with Crippen LogP contribution < -0.4 is 11.3 Å². The van der Waals surface area contributed by atoms with Gasteiger partial charge in [-0.2, -0.15) is 0 Å². The number of anilines is 1. The Balaban J connectivity index is 2.74. The number of hydrazine groups is 1. The third kappa shape index (κ3) is 3.52. The van der Waals surface area contributed by atoms with Crippen molar-refractivity contribution >= 4 is 14.1 Å². The van der Waals surface area contributed by atoms with Crippen LogP contribution in [0.1, 0.15) is 26.3 Å². The lowest BCUT2D eigenvalue weighted by Crippen LogP contribution is -2.40. The third-order valence-electron chi connectivity index (χ3n) is 3.42. The van der Waals surface area contributed by atoms with Crippen molar-refractivity contribution in [2.45, 2.75) is 45.5 Å². The van der Waals surface area contributed by atoms with Gasteiger partial charge in [-0.25, -0.2) is 10.8 Å². The minimum absolute atomic E-state index is 0.214. The zero-order chi connectivity index (χ0) is 13.1. The van der Waals surface area contributed by atoms with Gasteiger partial charge in [0.2, 0.25) is 0 Å². The van der Waals surface area contributed by atoms with Gasteiger partial charge in [-0.1, -0.05) is 26.8 Å². The van der Waals surface area contributed by atoms with Crippen LogP contribution in [0.5, 0.6) is 0 Å². The molecule has 0 aromatic carbocycles. The molecule has 4 nitrogen and oxygen atoms in total. The second kappa shape index (κ2) is 5.16. The molecule has 5 heteroatoms. The van der Waals surface area contributed by atoms with E-state index >= 15 is 0 Å². The monoisotopic (exact) mass is 253 g/mol. The van der Waals surface area contributed by atoms with E-state index in [0.29, 0.717) is 12.4 Å². The zero-order valence-corrected chi connectivity index (χ0v) is 12.4. The molecule has 0 spiro atoms. The van der Waals surface area contributed by atoms with Crippen LogP contribution in [0.2, 0.25) is 18.1 Å². The first-order valence-electron chi connectivity index (χ1n) is 5.82. The van der Waals surface area contributed by atoms with Gasteiger partial charge in [0, 0.05) is 11.8 Å². The van der Waals surface area contributed by atoms with Crippen molar-refractivity contribution in [3.8, 4) is 0 Å². The largest absolute Gasteiger partial charge is 0.412 e. The first-order valence-corrected chi connectivity index (χ1v) is 8.73. The van der Waals surface area contributed by atoms with Crippen LogP contribution in [0, 0.1) is 0 Å². The highest BCUT2D eigenvalue weighted by Crippen LogP contribution is 2.37. The molecule has 0 aliphatic heterocycles. The van der Waals surface area contributed by atoms with Crippen molar-refractivity contribution in [1.82, 2.24) is 4.98 Å². The normalized spacial score (nSPS) is 12.6. The summed E-state index contributed by atoms with van der Waals surface area (Å²) in [5, 5.41) is 0.214. The van der Waals surface area contributed by atoms with E-state index in [1.807, 2.05) is 12.1 Å². The van der Waals surface area contributed by atoms with Gasteiger partial charge < -0.3 is 9.85 Å². The number of rotatable bonds is 4. The predicted octanol–water partition coefficient (Wildman–Crippen LogP) is 2.89. The fourth-order valence-electron chi connectivity index (χ4n) is 1.16. The fraction of sp³-hybridized carbons (Fsp3) is 0.583.